The molecule has 3 N–H and O–H groups in total. The fraction of sp³-hybridized carbons (Fsp3) is 0.571. The summed E-state index contributed by atoms with van der Waals surface area (Å²) >= 11 is 6.49. The average molecular weight is 789 g/mol. The van der Waals surface area contributed by atoms with Crippen LogP contribution in [0.4, 0.5) is 11.5 Å². The summed E-state index contributed by atoms with van der Waals surface area (Å²) in [7, 11) is 1.69. The number of rotatable bonds is 7. The zero-order chi connectivity index (χ0) is 39.7. The highest BCUT2D eigenvalue weighted by Crippen LogP contribution is 2.53. The number of aliphatic hydroxyl groups is 2. The summed E-state index contributed by atoms with van der Waals surface area (Å²) in [5.41, 5.74) is 1.43. The molecule has 0 spiro atoms. The molecule has 1 aromatic heterocycles. The van der Waals surface area contributed by atoms with E-state index in [1.54, 1.807) is 25.2 Å². The van der Waals surface area contributed by atoms with Gasteiger partial charge in [-0.2, -0.15) is 0 Å². The number of aryl methyl sites for hydroxylation is 1. The number of hydrogen-bond donors (Lipinski definition) is 3. The first-order valence-corrected chi connectivity index (χ1v) is 20.2. The Morgan fingerprint density at radius 3 is 2.46 bits per heavy atom. The summed E-state index contributed by atoms with van der Waals surface area (Å²) in [6.07, 6.45) is 0.531. The lowest BCUT2D eigenvalue weighted by molar-refractivity contribution is -0.225. The van der Waals surface area contributed by atoms with E-state index < -0.39 is 47.6 Å². The highest BCUT2D eigenvalue weighted by molar-refractivity contribution is 6.33. The van der Waals surface area contributed by atoms with E-state index in [0.29, 0.717) is 22.7 Å². The Bertz CT molecular complexity index is 2040. The first-order valence-electron chi connectivity index (χ1n) is 19.9. The summed E-state index contributed by atoms with van der Waals surface area (Å²) < 4.78 is 12.2. The quantitative estimate of drug-likeness (QED) is 0.228. The molecule has 0 amide bonds. The fourth-order valence-electron chi connectivity index (χ4n) is 10.2. The first kappa shape index (κ1) is 39.0. The lowest BCUT2D eigenvalue weighted by atomic mass is 9.55. The number of piperazine rings is 1. The molecule has 8 rings (SSSR count). The number of benzene rings is 2. The third-order valence-corrected chi connectivity index (χ3v) is 13.5. The molecule has 2 aromatic carbocycles. The Labute approximate surface area is 332 Å². The number of hydrogen-bond acceptors (Lipinski definition) is 13. The second-order valence-corrected chi connectivity index (χ2v) is 17.1. The molecular formula is C42H53ClN6O7. The van der Waals surface area contributed by atoms with E-state index in [9.17, 15) is 19.8 Å². The van der Waals surface area contributed by atoms with Crippen molar-refractivity contribution in [2.75, 3.05) is 49.7 Å². The monoisotopic (exact) mass is 788 g/mol. The van der Waals surface area contributed by atoms with Gasteiger partial charge in [0.05, 0.1) is 27.4 Å². The minimum Gasteiger partial charge on any atom is -0.454 e. The van der Waals surface area contributed by atoms with Gasteiger partial charge < -0.3 is 24.6 Å². The second-order valence-electron chi connectivity index (χ2n) is 16.7. The molecule has 2 saturated heterocycles. The molecule has 56 heavy (non-hydrogen) atoms. The Hall–Kier alpha value is -3.85. The van der Waals surface area contributed by atoms with Crippen molar-refractivity contribution in [3.05, 3.63) is 70.4 Å². The molecule has 300 valence electrons. The minimum atomic E-state index is -1.57. The predicted octanol–water partition coefficient (Wildman–Crippen LogP) is 4.50. The molecule has 3 aromatic rings. The third kappa shape index (κ3) is 6.63. The molecule has 10 atom stereocenters. The van der Waals surface area contributed by atoms with Gasteiger partial charge in [-0.25, -0.2) is 9.97 Å². The van der Waals surface area contributed by atoms with Crippen LogP contribution in [-0.4, -0.2) is 107 Å². The van der Waals surface area contributed by atoms with Crippen LogP contribution in [0.25, 0.3) is 11.0 Å². The van der Waals surface area contributed by atoms with Crippen molar-refractivity contribution >= 4 is 46.1 Å². The Balaban J connectivity index is 0.995. The Morgan fingerprint density at radius 2 is 1.75 bits per heavy atom. The minimum absolute atomic E-state index is 0.0468. The van der Waals surface area contributed by atoms with E-state index in [0.717, 1.165) is 67.3 Å². The topological polar surface area (TPSA) is 150 Å². The Kier molecular flexibility index (Phi) is 10.3. The van der Waals surface area contributed by atoms with E-state index in [2.05, 4.69) is 28.1 Å². The van der Waals surface area contributed by atoms with Crippen LogP contribution in [0.1, 0.15) is 58.2 Å². The standard InChI is InChI=1S/C42H53ClN6O7/c1-23-20-30-28(24(2)22-48-16-18-49(19-17-48)38-26(4)44-32-12-7-8-13-33(32)45-38)15-14-25(3)42(30,53)37(36(23)54-27(5)50)55-39(51)34-21-41(52)29-10-9-11-31(43)35(29)47(6)56-40(41)46-34/h7-13,20,24-25,28,30,34,36-37,40,46,52-53H,14-19,21-22H2,1-6H3/t24?,25-,28+,30-,34+,36-,37+,40-,41-,42-/m1/s1. The predicted molar refractivity (Wildman–Crippen MR) is 212 cm³/mol. The summed E-state index contributed by atoms with van der Waals surface area (Å²) in [5, 5.41) is 30.0. The summed E-state index contributed by atoms with van der Waals surface area (Å²) in [6.45, 7) is 13.7. The number of carbonyl (C=O) groups excluding carboxylic acids is 2. The molecule has 14 heteroatoms. The number of esters is 2. The summed E-state index contributed by atoms with van der Waals surface area (Å²) in [4.78, 5) is 47.3. The molecule has 4 heterocycles. The Morgan fingerprint density at radius 1 is 1.04 bits per heavy atom. The van der Waals surface area contributed by atoms with Crippen molar-refractivity contribution in [2.45, 2.75) is 89.6 Å². The van der Waals surface area contributed by atoms with Gasteiger partial charge in [-0.1, -0.05) is 55.8 Å². The first-order chi connectivity index (χ1) is 26.7. The van der Waals surface area contributed by atoms with Crippen molar-refractivity contribution in [1.82, 2.24) is 20.2 Å². The highest BCUT2D eigenvalue weighted by atomic mass is 35.5. The van der Waals surface area contributed by atoms with Crippen molar-refractivity contribution in [3.8, 4) is 0 Å². The molecule has 13 nitrogen and oxygen atoms in total. The molecular weight excluding hydrogens is 736 g/mol. The van der Waals surface area contributed by atoms with Gasteiger partial charge in [0.1, 0.15) is 17.2 Å². The molecule has 1 unspecified atom stereocenters. The van der Waals surface area contributed by atoms with Crippen molar-refractivity contribution in [1.29, 1.82) is 0 Å². The smallest absolute Gasteiger partial charge is 0.323 e. The van der Waals surface area contributed by atoms with Gasteiger partial charge in [-0.3, -0.25) is 29.7 Å². The van der Waals surface area contributed by atoms with Crippen LogP contribution in [0.2, 0.25) is 5.02 Å². The van der Waals surface area contributed by atoms with Crippen molar-refractivity contribution in [3.63, 3.8) is 0 Å². The largest absolute Gasteiger partial charge is 0.454 e. The van der Waals surface area contributed by atoms with Crippen molar-refractivity contribution < 1.29 is 34.1 Å². The van der Waals surface area contributed by atoms with Crippen molar-refractivity contribution in [2.24, 2.45) is 23.7 Å². The number of halogens is 1. The maximum absolute atomic E-state index is 14.2. The van der Waals surface area contributed by atoms with Gasteiger partial charge >= 0.3 is 11.9 Å². The van der Waals surface area contributed by atoms with Crippen LogP contribution in [-0.2, 0) is 29.5 Å². The number of aromatic nitrogens is 2. The molecule has 5 aliphatic rings. The SMILES string of the molecule is CC(=O)O[C@@H]1C(C)=C[C@@H]2[C@H](C(C)CN3CCN(c4nc5ccccc5nc4C)CC3)CC[C@@H](C)[C@]2(O)[C@H]1OC(=O)[C@@H]1C[C@@]2(O)c3cccc(Cl)c3N(C)O[C@H]2N1. The van der Waals surface area contributed by atoms with Gasteiger partial charge in [0.15, 0.2) is 24.3 Å². The zero-order valence-corrected chi connectivity index (χ0v) is 33.7. The number of para-hydroxylation sites is 3. The van der Waals surface area contributed by atoms with E-state index in [-0.39, 0.29) is 30.1 Å². The zero-order valence-electron chi connectivity index (χ0n) is 32.9. The molecule has 1 saturated carbocycles. The van der Waals surface area contributed by atoms with Gasteiger partial charge in [0, 0.05) is 64.6 Å². The number of nitrogens with one attached hydrogen (secondary N) is 1. The van der Waals surface area contributed by atoms with Crippen LogP contribution >= 0.6 is 11.6 Å². The molecule has 0 radical (unpaired) electrons. The van der Waals surface area contributed by atoms with Crippen LogP contribution in [0, 0.1) is 30.6 Å². The van der Waals surface area contributed by atoms with E-state index >= 15 is 0 Å². The molecule has 2 aliphatic carbocycles. The number of anilines is 2. The molecule has 3 aliphatic heterocycles. The average Bonchev–Trinajstić information content (AvgIpc) is 3.51. The number of hydroxylamine groups is 1. The fourth-order valence-corrected chi connectivity index (χ4v) is 10.5. The van der Waals surface area contributed by atoms with Gasteiger partial charge in [0.2, 0.25) is 0 Å². The van der Waals surface area contributed by atoms with E-state index in [1.165, 1.54) is 12.0 Å². The van der Waals surface area contributed by atoms with Crippen LogP contribution in [0.5, 0.6) is 0 Å². The summed E-state index contributed by atoms with van der Waals surface area (Å²) in [6, 6.07) is 12.2. The van der Waals surface area contributed by atoms with Gasteiger partial charge in [-0.05, 0) is 68.2 Å². The van der Waals surface area contributed by atoms with E-state index in [1.807, 2.05) is 45.0 Å². The second kappa shape index (κ2) is 14.8. The normalized spacial score (nSPS) is 33.6. The van der Waals surface area contributed by atoms with Crippen LogP contribution < -0.4 is 15.3 Å². The highest BCUT2D eigenvalue weighted by Gasteiger charge is 2.62. The lowest BCUT2D eigenvalue weighted by Gasteiger charge is -2.56. The number of ether oxygens (including phenoxy) is 2. The molecule has 3 fully saturated rings. The van der Waals surface area contributed by atoms with Gasteiger partial charge in [-0.15, -0.1) is 0 Å². The van der Waals surface area contributed by atoms with Gasteiger partial charge in [0.25, 0.3) is 0 Å². The summed E-state index contributed by atoms with van der Waals surface area (Å²) in [5.74, 6) is -0.602. The lowest BCUT2D eigenvalue weighted by Crippen LogP contribution is -2.66. The third-order valence-electron chi connectivity index (χ3n) is 13.2. The maximum Gasteiger partial charge on any atom is 0.323 e. The molecule has 0 bridgehead atoms. The number of carbonyl (C=O) groups is 2. The number of nitrogens with zero attached hydrogens (tertiary/aromatic N) is 5. The van der Waals surface area contributed by atoms with E-state index in [4.69, 9.17) is 35.9 Å². The van der Waals surface area contributed by atoms with Crippen LogP contribution in [0.15, 0.2) is 54.1 Å². The number of fused-ring (bicyclic) bond motifs is 5. The maximum atomic E-state index is 14.2. The van der Waals surface area contributed by atoms with Crippen LogP contribution in [0.3, 0.4) is 0 Å².